The first kappa shape index (κ1) is 21.7. The summed E-state index contributed by atoms with van der Waals surface area (Å²) in [6, 6.07) is 15.3. The van der Waals surface area contributed by atoms with Crippen LogP contribution in [0.1, 0.15) is 26.0 Å². The number of fused-ring (bicyclic) bond motifs is 12. The van der Waals surface area contributed by atoms with Crippen LogP contribution in [0, 0.1) is 0 Å². The zero-order valence-electron chi connectivity index (χ0n) is 51.9. The normalized spacial score (nSPS) is 16.2. The van der Waals surface area contributed by atoms with Crippen molar-refractivity contribution in [3.05, 3.63) is 212 Å². The van der Waals surface area contributed by atoms with Gasteiger partial charge < -0.3 is 13.7 Å². The maximum atomic E-state index is 10.1. The first-order valence-corrected chi connectivity index (χ1v) is 20.9. The van der Waals surface area contributed by atoms with Crippen molar-refractivity contribution in [1.29, 1.82) is 0 Å². The van der Waals surface area contributed by atoms with Gasteiger partial charge in [-0.3, -0.25) is 0 Å². The Morgan fingerprint density at radius 3 is 1.81 bits per heavy atom. The molecule has 5 aromatic heterocycles. The van der Waals surface area contributed by atoms with Gasteiger partial charge in [-0.1, -0.05) is 121 Å². The van der Waals surface area contributed by atoms with E-state index in [2.05, 4.69) is 41.0 Å². The van der Waals surface area contributed by atoms with E-state index in [1.807, 2.05) is 30.3 Å². The van der Waals surface area contributed by atoms with Gasteiger partial charge in [0.05, 0.1) is 75.1 Å². The second kappa shape index (κ2) is 13.6. The molecule has 6 heteroatoms. The van der Waals surface area contributed by atoms with E-state index >= 15 is 0 Å². The average molecular weight is 853 g/mol. The van der Waals surface area contributed by atoms with E-state index in [9.17, 15) is 11.0 Å². The molecule has 0 amide bonds. The molecule has 0 fully saturated rings. The van der Waals surface area contributed by atoms with Crippen LogP contribution >= 0.6 is 11.3 Å². The molecule has 0 unspecified atom stereocenters. The van der Waals surface area contributed by atoms with Crippen molar-refractivity contribution in [1.82, 2.24) is 23.7 Å². The second-order valence-corrected chi connectivity index (χ2v) is 16.2. The Morgan fingerprint density at radius 2 is 1.02 bits per heavy atom. The number of rotatable bonds is 5. The topological polar surface area (TPSA) is 40.6 Å². The molecule has 9 aromatic carbocycles. The van der Waals surface area contributed by atoms with Crippen LogP contribution in [0.5, 0.6) is 0 Å². The van der Waals surface area contributed by atoms with Crippen molar-refractivity contribution in [2.75, 3.05) is 0 Å². The molecule has 0 saturated heterocycles. The van der Waals surface area contributed by atoms with Crippen molar-refractivity contribution < 1.29 is 26.0 Å². The lowest BCUT2D eigenvalue weighted by Crippen LogP contribution is -1.95. The van der Waals surface area contributed by atoms with Crippen LogP contribution in [-0.4, -0.2) is 23.7 Å². The van der Waals surface area contributed by atoms with Crippen LogP contribution < -0.4 is 0 Å². The Morgan fingerprint density at radius 1 is 0.391 bits per heavy atom. The van der Waals surface area contributed by atoms with E-state index in [0.29, 0.717) is 16.8 Å². The first-order chi connectivity index (χ1) is 39.7. The predicted molar refractivity (Wildman–Crippen MR) is 269 cm³/mol. The Hall–Kier alpha value is -8.32. The van der Waals surface area contributed by atoms with E-state index < -0.39 is 153 Å². The molecular formula is C58H35N5S. The van der Waals surface area contributed by atoms with Crippen LogP contribution in [-0.2, 0) is 0 Å². The van der Waals surface area contributed by atoms with Crippen molar-refractivity contribution in [3.63, 3.8) is 0 Å². The summed E-state index contributed by atoms with van der Waals surface area (Å²) >= 11 is 1.48. The molecule has 14 aromatic rings. The first-order valence-electron chi connectivity index (χ1n) is 29.6. The highest BCUT2D eigenvalue weighted by Gasteiger charge is 2.19. The predicted octanol–water partition coefficient (Wildman–Crippen LogP) is 15.5. The van der Waals surface area contributed by atoms with Gasteiger partial charge in [0, 0.05) is 65.0 Å². The quantitative estimate of drug-likeness (QED) is 0.173. The average Bonchev–Trinajstić information content (AvgIpc) is 4.28. The molecule has 64 heavy (non-hydrogen) atoms. The van der Waals surface area contributed by atoms with Crippen LogP contribution in [0.15, 0.2) is 212 Å². The van der Waals surface area contributed by atoms with Crippen molar-refractivity contribution in [2.45, 2.75) is 0 Å². The Kier molecular flexibility index (Phi) is 4.60. The van der Waals surface area contributed by atoms with Crippen LogP contribution in [0.2, 0.25) is 0 Å². The lowest BCUT2D eigenvalue weighted by Gasteiger charge is -2.11. The standard InChI is InChI=1S/C58H35N5S/c1-2-14-39(15-3-1)61-52-24-11-7-20-45(52)47-32-36(26-29-53(47)61)37-25-28-46-44-19-6-10-23-51(44)63(54(46)33-37)40-16-12-13-38(31-40)56-58-57(60-35-59-56)48-34-41(27-30-55(48)64-58)62-49-21-8-4-17-42(49)43-18-5-9-22-50(43)62/h1-35H/i1D,2D,3D,6D,7D,10D,11D,14D,15D,19D,20D,23D,24D,25D,26D,28D,29D,32D,33D. The van der Waals surface area contributed by atoms with E-state index in [-0.39, 0.29) is 27.5 Å². The lowest BCUT2D eigenvalue weighted by molar-refractivity contribution is 1.17. The largest absolute Gasteiger partial charge is 0.309 e. The molecular weight excluding hydrogens is 799 g/mol. The van der Waals surface area contributed by atoms with Gasteiger partial charge in [0.15, 0.2) is 0 Å². The van der Waals surface area contributed by atoms with Gasteiger partial charge >= 0.3 is 0 Å². The zero-order chi connectivity index (χ0) is 58.4. The minimum Gasteiger partial charge on any atom is -0.309 e. The number of para-hydroxylation sites is 5. The highest BCUT2D eigenvalue weighted by Crippen LogP contribution is 2.42. The molecule has 0 N–H and O–H groups in total. The summed E-state index contributed by atoms with van der Waals surface area (Å²) in [6.07, 6.45) is 1.46. The van der Waals surface area contributed by atoms with Gasteiger partial charge in [-0.25, -0.2) is 9.97 Å². The number of thiophene rings is 1. The molecule has 0 spiro atoms. The molecule has 14 rings (SSSR count). The molecule has 0 aliphatic heterocycles. The highest BCUT2D eigenvalue weighted by atomic mass is 32.1. The maximum Gasteiger partial charge on any atom is 0.116 e. The Bertz CT molecular complexity index is 5270. The summed E-state index contributed by atoms with van der Waals surface area (Å²) in [5.74, 6) is 0. The van der Waals surface area contributed by atoms with Gasteiger partial charge in [0.25, 0.3) is 0 Å². The summed E-state index contributed by atoms with van der Waals surface area (Å²) in [5.41, 5.74) is 1.71. The fourth-order valence-electron chi connectivity index (χ4n) is 9.01. The number of hydrogen-bond acceptors (Lipinski definition) is 3. The van der Waals surface area contributed by atoms with Crippen LogP contribution in [0.25, 0.3) is 125 Å². The fraction of sp³-hybridized carbons (Fsp3) is 0. The molecule has 5 nitrogen and oxygen atoms in total. The molecule has 0 bridgehead atoms. The summed E-state index contributed by atoms with van der Waals surface area (Å²) in [7, 11) is 0. The summed E-state index contributed by atoms with van der Waals surface area (Å²) in [4.78, 5) is 9.57. The molecule has 298 valence electrons. The molecule has 0 aliphatic rings. The fourth-order valence-corrected chi connectivity index (χ4v) is 10.2. The van der Waals surface area contributed by atoms with Gasteiger partial charge in [-0.2, -0.15) is 0 Å². The van der Waals surface area contributed by atoms with Crippen LogP contribution in [0.3, 0.4) is 0 Å². The number of hydrogen-bond donors (Lipinski definition) is 0. The second-order valence-electron chi connectivity index (χ2n) is 15.1. The number of nitrogens with zero attached hydrogens (tertiary/aromatic N) is 5. The molecule has 0 saturated carbocycles. The summed E-state index contributed by atoms with van der Waals surface area (Å²) < 4.78 is 180. The third kappa shape index (κ3) is 5.11. The third-order valence-electron chi connectivity index (χ3n) is 11.7. The van der Waals surface area contributed by atoms with Crippen LogP contribution in [0.4, 0.5) is 0 Å². The summed E-state index contributed by atoms with van der Waals surface area (Å²) in [5, 5.41) is 1.78. The Labute approximate surface area is 397 Å². The van der Waals surface area contributed by atoms with E-state index in [1.165, 1.54) is 22.2 Å². The lowest BCUT2D eigenvalue weighted by atomic mass is 10.0. The zero-order valence-corrected chi connectivity index (χ0v) is 33.7. The smallest absolute Gasteiger partial charge is 0.116 e. The number of aromatic nitrogens is 5. The number of benzene rings is 9. The monoisotopic (exact) mass is 852 g/mol. The van der Waals surface area contributed by atoms with E-state index in [0.717, 1.165) is 46.8 Å². The van der Waals surface area contributed by atoms with Crippen molar-refractivity contribution >= 4 is 97.1 Å². The van der Waals surface area contributed by atoms with Crippen molar-refractivity contribution in [2.24, 2.45) is 0 Å². The van der Waals surface area contributed by atoms with Gasteiger partial charge in [-0.15, -0.1) is 11.3 Å². The van der Waals surface area contributed by atoms with E-state index in [4.69, 9.17) is 25.0 Å². The minimum atomic E-state index is -0.859. The molecule has 0 atom stereocenters. The third-order valence-corrected chi connectivity index (χ3v) is 12.9. The van der Waals surface area contributed by atoms with E-state index in [1.54, 1.807) is 24.3 Å². The molecule has 0 radical (unpaired) electrons. The SMILES string of the molecule is [2H]c1c([2H])c([2H])c(-n2c3c([2H])c([2H])c([2H])c([2H])c3c3c([2H])c(-c4c([2H])c([2H])c5c6c([2H])c([2H])c([2H])c([2H])c6n(-c6cccc(-c7ncnc8c7sc7ccc(-n9c%10ccccc%10c%10ccccc%109)cc78)c6)c5c4[2H])c([2H])c([2H])c32)c([2H])c1[2H]. The Balaban J connectivity index is 1.03. The molecule has 0 aliphatic carbocycles. The van der Waals surface area contributed by atoms with Gasteiger partial charge in [-0.05, 0) is 95.9 Å². The minimum absolute atomic E-state index is 0.166. The summed E-state index contributed by atoms with van der Waals surface area (Å²) in [6.45, 7) is 0. The van der Waals surface area contributed by atoms with Gasteiger partial charge in [0.1, 0.15) is 6.33 Å². The van der Waals surface area contributed by atoms with Gasteiger partial charge in [0.2, 0.25) is 0 Å². The maximum absolute atomic E-state index is 10.1. The molecule has 5 heterocycles. The van der Waals surface area contributed by atoms with Crippen molar-refractivity contribution in [3.8, 4) is 39.4 Å². The highest BCUT2D eigenvalue weighted by molar-refractivity contribution is 7.26.